The van der Waals surface area contributed by atoms with E-state index in [0.29, 0.717) is 11.6 Å². The highest BCUT2D eigenvalue weighted by molar-refractivity contribution is 5.77. The molecule has 27 heavy (non-hydrogen) atoms. The maximum absolute atomic E-state index is 12.0. The Morgan fingerprint density at radius 1 is 0.963 bits per heavy atom. The largest absolute Gasteiger partial charge is 0.497 e. The van der Waals surface area contributed by atoms with Crippen LogP contribution in [0, 0.1) is 0 Å². The van der Waals surface area contributed by atoms with Gasteiger partial charge in [0.25, 0.3) is 5.91 Å². The Balaban J connectivity index is 1.53. The van der Waals surface area contributed by atoms with Gasteiger partial charge in [0.2, 0.25) is 0 Å². The first-order chi connectivity index (χ1) is 13.2. The van der Waals surface area contributed by atoms with Gasteiger partial charge in [0.1, 0.15) is 17.2 Å². The molecule has 1 aromatic heterocycles. The molecule has 0 saturated heterocycles. The summed E-state index contributed by atoms with van der Waals surface area (Å²) in [5, 5.41) is 14.3. The molecule has 0 fully saturated rings. The van der Waals surface area contributed by atoms with E-state index in [4.69, 9.17) is 14.2 Å². The quantitative estimate of drug-likeness (QED) is 0.640. The summed E-state index contributed by atoms with van der Waals surface area (Å²) in [6.45, 7) is 0.0558. The van der Waals surface area contributed by atoms with Crippen LogP contribution in [0.25, 0.3) is 5.69 Å². The number of benzene rings is 2. The number of carbonyl (C=O) groups is 1. The van der Waals surface area contributed by atoms with Crippen LogP contribution in [0.4, 0.5) is 0 Å². The third-order valence-corrected chi connectivity index (χ3v) is 3.72. The number of ether oxygens (including phenoxy) is 3. The predicted octanol–water partition coefficient (Wildman–Crippen LogP) is 1.37. The van der Waals surface area contributed by atoms with Crippen LogP contribution in [0.15, 0.2) is 48.5 Å². The van der Waals surface area contributed by atoms with E-state index in [-0.39, 0.29) is 19.1 Å². The lowest BCUT2D eigenvalue weighted by Gasteiger charge is -2.09. The molecule has 1 N–H and O–H groups in total. The van der Waals surface area contributed by atoms with Gasteiger partial charge >= 0.3 is 0 Å². The van der Waals surface area contributed by atoms with Gasteiger partial charge in [0.15, 0.2) is 12.4 Å². The summed E-state index contributed by atoms with van der Waals surface area (Å²) in [5.41, 5.74) is 0.763. The summed E-state index contributed by atoms with van der Waals surface area (Å²) in [5.74, 6) is 2.25. The molecule has 0 aliphatic heterocycles. The first-order valence-electron chi connectivity index (χ1n) is 8.15. The van der Waals surface area contributed by atoms with Crippen molar-refractivity contribution >= 4 is 5.91 Å². The molecule has 0 unspecified atom stereocenters. The van der Waals surface area contributed by atoms with Gasteiger partial charge in [0, 0.05) is 0 Å². The van der Waals surface area contributed by atoms with Gasteiger partial charge < -0.3 is 19.5 Å². The van der Waals surface area contributed by atoms with Crippen LogP contribution < -0.4 is 19.5 Å². The fourth-order valence-electron chi connectivity index (χ4n) is 2.29. The zero-order valence-corrected chi connectivity index (χ0v) is 15.0. The Labute approximate surface area is 155 Å². The highest BCUT2D eigenvalue weighted by Gasteiger charge is 2.10. The number of carbonyl (C=O) groups excluding carboxylic acids is 1. The van der Waals surface area contributed by atoms with Crippen molar-refractivity contribution in [3.8, 4) is 22.9 Å². The molecule has 0 bridgehead atoms. The molecular formula is C18H19N5O4. The summed E-state index contributed by atoms with van der Waals surface area (Å²) < 4.78 is 17.2. The van der Waals surface area contributed by atoms with Gasteiger partial charge in [-0.25, -0.2) is 0 Å². The van der Waals surface area contributed by atoms with Gasteiger partial charge in [-0.2, -0.15) is 4.68 Å². The standard InChI is InChI=1S/C18H19N5O4/c1-25-14-5-3-13(4-6-14)23-17(20-21-22-23)11-19-18(24)12-27-16-9-7-15(26-2)8-10-16/h3-10H,11-12H2,1-2H3,(H,19,24). The monoisotopic (exact) mass is 369 g/mol. The van der Waals surface area contributed by atoms with Crippen LogP contribution >= 0.6 is 0 Å². The zero-order valence-electron chi connectivity index (χ0n) is 15.0. The summed E-state index contributed by atoms with van der Waals surface area (Å²) in [7, 11) is 3.18. The lowest BCUT2D eigenvalue weighted by atomic mass is 10.3. The molecular weight excluding hydrogens is 350 g/mol. The summed E-state index contributed by atoms with van der Waals surface area (Å²) in [6.07, 6.45) is 0. The summed E-state index contributed by atoms with van der Waals surface area (Å²) in [6, 6.07) is 14.3. The molecule has 0 spiro atoms. The maximum atomic E-state index is 12.0. The average molecular weight is 369 g/mol. The third kappa shape index (κ3) is 4.72. The van der Waals surface area contributed by atoms with E-state index in [9.17, 15) is 4.79 Å². The number of nitrogens with one attached hydrogen (secondary N) is 1. The normalized spacial score (nSPS) is 10.3. The number of amides is 1. The molecule has 9 nitrogen and oxygen atoms in total. The number of tetrazole rings is 1. The van der Waals surface area contributed by atoms with E-state index >= 15 is 0 Å². The second kappa shape index (κ2) is 8.65. The van der Waals surface area contributed by atoms with Crippen molar-refractivity contribution < 1.29 is 19.0 Å². The highest BCUT2D eigenvalue weighted by Crippen LogP contribution is 2.17. The maximum Gasteiger partial charge on any atom is 0.258 e. The van der Waals surface area contributed by atoms with E-state index in [1.807, 2.05) is 24.3 Å². The van der Waals surface area contributed by atoms with Crippen LogP contribution in [-0.2, 0) is 11.3 Å². The second-order valence-corrected chi connectivity index (χ2v) is 5.45. The molecule has 1 amide bonds. The summed E-state index contributed by atoms with van der Waals surface area (Å²) >= 11 is 0. The molecule has 1 heterocycles. The van der Waals surface area contributed by atoms with E-state index in [1.54, 1.807) is 43.2 Å². The first kappa shape index (κ1) is 18.2. The van der Waals surface area contributed by atoms with Crippen LogP contribution in [0.5, 0.6) is 17.2 Å². The van der Waals surface area contributed by atoms with Crippen molar-refractivity contribution in [1.82, 2.24) is 25.5 Å². The Kier molecular flexibility index (Phi) is 5.83. The first-order valence-corrected chi connectivity index (χ1v) is 8.15. The van der Waals surface area contributed by atoms with Crippen LogP contribution in [-0.4, -0.2) is 46.9 Å². The molecule has 0 radical (unpaired) electrons. The second-order valence-electron chi connectivity index (χ2n) is 5.45. The predicted molar refractivity (Wildman–Crippen MR) is 96.0 cm³/mol. The van der Waals surface area contributed by atoms with Gasteiger partial charge in [-0.15, -0.1) is 5.10 Å². The average Bonchev–Trinajstić information content (AvgIpc) is 3.19. The molecule has 0 saturated carbocycles. The van der Waals surface area contributed by atoms with Crippen LogP contribution in [0.2, 0.25) is 0 Å². The molecule has 3 rings (SSSR count). The number of nitrogens with zero attached hydrogens (tertiary/aromatic N) is 4. The number of rotatable bonds is 8. The van der Waals surface area contributed by atoms with Crippen molar-refractivity contribution in [3.05, 3.63) is 54.4 Å². The van der Waals surface area contributed by atoms with E-state index in [0.717, 1.165) is 17.2 Å². The molecule has 140 valence electrons. The topological polar surface area (TPSA) is 100 Å². The Morgan fingerprint density at radius 3 is 2.19 bits per heavy atom. The van der Waals surface area contributed by atoms with Crippen LogP contribution in [0.1, 0.15) is 5.82 Å². The number of hydrogen-bond acceptors (Lipinski definition) is 7. The van der Waals surface area contributed by atoms with Crippen LogP contribution in [0.3, 0.4) is 0 Å². The minimum Gasteiger partial charge on any atom is -0.497 e. The smallest absolute Gasteiger partial charge is 0.258 e. The van der Waals surface area contributed by atoms with E-state index in [2.05, 4.69) is 20.8 Å². The Morgan fingerprint density at radius 2 is 1.56 bits per heavy atom. The Bertz CT molecular complexity index is 878. The lowest BCUT2D eigenvalue weighted by molar-refractivity contribution is -0.123. The van der Waals surface area contributed by atoms with Crippen molar-refractivity contribution in [1.29, 1.82) is 0 Å². The SMILES string of the molecule is COc1ccc(OCC(=O)NCc2nnnn2-c2ccc(OC)cc2)cc1. The van der Waals surface area contributed by atoms with Crippen molar-refractivity contribution in [3.63, 3.8) is 0 Å². The van der Waals surface area contributed by atoms with Crippen molar-refractivity contribution in [2.75, 3.05) is 20.8 Å². The Hall–Kier alpha value is -3.62. The lowest BCUT2D eigenvalue weighted by Crippen LogP contribution is -2.29. The van der Waals surface area contributed by atoms with Gasteiger partial charge in [0.05, 0.1) is 26.5 Å². The molecule has 3 aromatic rings. The minimum absolute atomic E-state index is 0.115. The van der Waals surface area contributed by atoms with E-state index < -0.39 is 0 Å². The number of aromatic nitrogens is 4. The van der Waals surface area contributed by atoms with Gasteiger partial charge in [-0.3, -0.25) is 4.79 Å². The third-order valence-electron chi connectivity index (χ3n) is 3.72. The molecule has 2 aromatic carbocycles. The van der Waals surface area contributed by atoms with Gasteiger partial charge in [-0.05, 0) is 59.0 Å². The molecule has 0 aliphatic carbocycles. The fraction of sp³-hybridized carbons (Fsp3) is 0.222. The number of hydrogen-bond donors (Lipinski definition) is 1. The highest BCUT2D eigenvalue weighted by atomic mass is 16.5. The molecule has 0 aliphatic rings. The molecule has 9 heteroatoms. The fourth-order valence-corrected chi connectivity index (χ4v) is 2.29. The van der Waals surface area contributed by atoms with Crippen molar-refractivity contribution in [2.24, 2.45) is 0 Å². The van der Waals surface area contributed by atoms with Crippen molar-refractivity contribution in [2.45, 2.75) is 6.54 Å². The number of methoxy groups -OCH3 is 2. The van der Waals surface area contributed by atoms with E-state index in [1.165, 1.54) is 0 Å². The molecule has 0 atom stereocenters. The zero-order chi connectivity index (χ0) is 19.1. The minimum atomic E-state index is -0.282. The van der Waals surface area contributed by atoms with Gasteiger partial charge in [-0.1, -0.05) is 0 Å². The summed E-state index contributed by atoms with van der Waals surface area (Å²) in [4.78, 5) is 12.0.